The fraction of sp³-hybridized carbons (Fsp3) is 0.211. The second kappa shape index (κ2) is 9.31. The van der Waals surface area contributed by atoms with E-state index in [0.717, 1.165) is 25.9 Å². The van der Waals surface area contributed by atoms with Gasteiger partial charge in [-0.25, -0.2) is 5.43 Å². The van der Waals surface area contributed by atoms with Crippen LogP contribution in [-0.2, 0) is 9.59 Å². The Kier molecular flexibility index (Phi) is 7.12. The summed E-state index contributed by atoms with van der Waals surface area (Å²) in [5, 5.41) is 6.74. The van der Waals surface area contributed by atoms with Crippen LogP contribution in [0.2, 0.25) is 0 Å². The van der Waals surface area contributed by atoms with Crippen LogP contribution in [0.5, 0.6) is 0 Å². The Morgan fingerprint density at radius 3 is 2.44 bits per heavy atom. The molecule has 0 fully saturated rings. The fourth-order valence-corrected chi connectivity index (χ4v) is 2.47. The molecule has 0 aliphatic heterocycles. The number of hydrazone groups is 1. The molecule has 0 radical (unpaired) electrons. The van der Waals surface area contributed by atoms with E-state index in [-0.39, 0.29) is 24.7 Å². The van der Waals surface area contributed by atoms with Crippen LogP contribution in [0.4, 0.5) is 5.69 Å². The molecule has 0 atom stereocenters. The number of benzene rings is 2. The molecule has 0 aliphatic rings. The number of carbonyl (C=O) groups is 2. The number of anilines is 1. The van der Waals surface area contributed by atoms with Gasteiger partial charge in [-0.1, -0.05) is 24.3 Å². The van der Waals surface area contributed by atoms with Crippen LogP contribution in [0.25, 0.3) is 0 Å². The highest BCUT2D eigenvalue weighted by atomic mass is 127. The number of aryl methyl sites for hydroxylation is 1. The van der Waals surface area contributed by atoms with Crippen molar-refractivity contribution in [3.8, 4) is 0 Å². The molecule has 2 aromatic carbocycles. The molecule has 130 valence electrons. The van der Waals surface area contributed by atoms with Gasteiger partial charge in [0, 0.05) is 22.1 Å². The van der Waals surface area contributed by atoms with Gasteiger partial charge in [0.1, 0.15) is 0 Å². The monoisotopic (exact) mass is 449 g/mol. The van der Waals surface area contributed by atoms with Crippen molar-refractivity contribution in [2.75, 3.05) is 5.32 Å². The largest absolute Gasteiger partial charge is 0.326 e. The van der Waals surface area contributed by atoms with Gasteiger partial charge in [-0.15, -0.1) is 0 Å². The SMILES string of the molecule is Cc1cccc(NC(=O)CCC(=O)NN=Cc2ccc(I)cc2)c1C. The van der Waals surface area contributed by atoms with Crippen molar-refractivity contribution >= 4 is 46.3 Å². The number of nitrogens with one attached hydrogen (secondary N) is 2. The zero-order valence-corrected chi connectivity index (χ0v) is 16.3. The highest BCUT2D eigenvalue weighted by Gasteiger charge is 2.08. The predicted octanol–water partition coefficient (Wildman–Crippen LogP) is 3.78. The van der Waals surface area contributed by atoms with Crippen LogP contribution < -0.4 is 10.7 Å². The lowest BCUT2D eigenvalue weighted by Gasteiger charge is -2.10. The number of rotatable bonds is 6. The Bertz CT molecular complexity index is 786. The van der Waals surface area contributed by atoms with Crippen molar-refractivity contribution in [2.45, 2.75) is 26.7 Å². The quantitative estimate of drug-likeness (QED) is 0.401. The standard InChI is InChI=1S/C19H20IN3O2/c1-13-4-3-5-17(14(13)2)22-18(24)10-11-19(25)23-21-12-15-6-8-16(20)9-7-15/h3-9,12H,10-11H2,1-2H3,(H,22,24)(H,23,25). The molecule has 0 bridgehead atoms. The van der Waals surface area contributed by atoms with Gasteiger partial charge in [-0.3, -0.25) is 9.59 Å². The summed E-state index contributed by atoms with van der Waals surface area (Å²) >= 11 is 2.22. The number of nitrogens with zero attached hydrogens (tertiary/aromatic N) is 1. The number of carbonyl (C=O) groups excluding carboxylic acids is 2. The zero-order chi connectivity index (χ0) is 18.2. The summed E-state index contributed by atoms with van der Waals surface area (Å²) in [6, 6.07) is 13.5. The van der Waals surface area contributed by atoms with Gasteiger partial charge >= 0.3 is 0 Å². The van der Waals surface area contributed by atoms with Crippen LogP contribution in [0.1, 0.15) is 29.5 Å². The molecule has 6 heteroatoms. The summed E-state index contributed by atoms with van der Waals surface area (Å²) in [6.07, 6.45) is 1.77. The van der Waals surface area contributed by atoms with Crippen LogP contribution >= 0.6 is 22.6 Å². The highest BCUT2D eigenvalue weighted by molar-refractivity contribution is 14.1. The van der Waals surface area contributed by atoms with E-state index in [1.165, 1.54) is 0 Å². The maximum Gasteiger partial charge on any atom is 0.240 e. The molecule has 0 spiro atoms. The molecule has 0 saturated heterocycles. The van der Waals surface area contributed by atoms with E-state index in [1.807, 2.05) is 56.3 Å². The van der Waals surface area contributed by atoms with E-state index >= 15 is 0 Å². The van der Waals surface area contributed by atoms with E-state index in [2.05, 4.69) is 38.4 Å². The van der Waals surface area contributed by atoms with E-state index in [1.54, 1.807) is 6.21 Å². The normalized spacial score (nSPS) is 10.7. The number of halogens is 1. The number of hydrogen-bond acceptors (Lipinski definition) is 3. The second-order valence-electron chi connectivity index (χ2n) is 5.64. The third-order valence-corrected chi connectivity index (χ3v) is 4.45. The molecule has 0 aliphatic carbocycles. The van der Waals surface area contributed by atoms with E-state index in [4.69, 9.17) is 0 Å². The molecule has 5 nitrogen and oxygen atoms in total. The minimum Gasteiger partial charge on any atom is -0.326 e. The lowest BCUT2D eigenvalue weighted by molar-refractivity contribution is -0.124. The Morgan fingerprint density at radius 2 is 1.72 bits per heavy atom. The third kappa shape index (κ3) is 6.30. The average molecular weight is 449 g/mol. The zero-order valence-electron chi connectivity index (χ0n) is 14.2. The molecule has 0 unspecified atom stereocenters. The van der Waals surface area contributed by atoms with Crippen molar-refractivity contribution in [3.05, 3.63) is 62.7 Å². The first kappa shape index (κ1) is 19.1. The number of amides is 2. The Morgan fingerprint density at radius 1 is 1.04 bits per heavy atom. The predicted molar refractivity (Wildman–Crippen MR) is 109 cm³/mol. The summed E-state index contributed by atoms with van der Waals surface area (Å²) in [5.74, 6) is -0.483. The average Bonchev–Trinajstić information content (AvgIpc) is 2.59. The van der Waals surface area contributed by atoms with Gasteiger partial charge in [-0.2, -0.15) is 5.10 Å². The van der Waals surface area contributed by atoms with Crippen molar-refractivity contribution in [1.29, 1.82) is 0 Å². The van der Waals surface area contributed by atoms with Crippen LogP contribution in [0, 0.1) is 17.4 Å². The van der Waals surface area contributed by atoms with Gasteiger partial charge in [0.25, 0.3) is 0 Å². The minimum absolute atomic E-state index is 0.0841. The molecular formula is C19H20IN3O2. The van der Waals surface area contributed by atoms with Gasteiger partial charge in [0.05, 0.1) is 6.21 Å². The molecule has 2 amide bonds. The van der Waals surface area contributed by atoms with Crippen LogP contribution in [-0.4, -0.2) is 18.0 Å². The minimum atomic E-state index is -0.294. The fourth-order valence-electron chi connectivity index (χ4n) is 2.11. The first-order valence-corrected chi connectivity index (χ1v) is 8.97. The molecule has 0 heterocycles. The summed E-state index contributed by atoms with van der Waals surface area (Å²) in [5.41, 5.74) is 6.25. The molecule has 25 heavy (non-hydrogen) atoms. The van der Waals surface area contributed by atoms with Gasteiger partial charge < -0.3 is 5.32 Å². The second-order valence-corrected chi connectivity index (χ2v) is 6.89. The highest BCUT2D eigenvalue weighted by Crippen LogP contribution is 2.18. The summed E-state index contributed by atoms with van der Waals surface area (Å²) in [4.78, 5) is 23.7. The van der Waals surface area contributed by atoms with Crippen LogP contribution in [0.3, 0.4) is 0 Å². The van der Waals surface area contributed by atoms with E-state index < -0.39 is 0 Å². The van der Waals surface area contributed by atoms with Crippen LogP contribution in [0.15, 0.2) is 47.6 Å². The summed E-state index contributed by atoms with van der Waals surface area (Å²) in [7, 11) is 0. The van der Waals surface area contributed by atoms with Gasteiger partial charge in [-0.05, 0) is 71.3 Å². The lowest BCUT2D eigenvalue weighted by atomic mass is 10.1. The lowest BCUT2D eigenvalue weighted by Crippen LogP contribution is -2.21. The van der Waals surface area contributed by atoms with Crippen molar-refractivity contribution in [1.82, 2.24) is 5.43 Å². The maximum atomic E-state index is 12.0. The molecule has 2 N–H and O–H groups in total. The molecule has 2 rings (SSSR count). The topological polar surface area (TPSA) is 70.6 Å². The Balaban J connectivity index is 1.76. The first-order chi connectivity index (χ1) is 12.0. The van der Waals surface area contributed by atoms with Gasteiger partial charge in [0.15, 0.2) is 0 Å². The van der Waals surface area contributed by atoms with Crippen molar-refractivity contribution in [2.24, 2.45) is 5.10 Å². The molecule has 0 aromatic heterocycles. The van der Waals surface area contributed by atoms with E-state index in [9.17, 15) is 9.59 Å². The van der Waals surface area contributed by atoms with E-state index in [0.29, 0.717) is 0 Å². The van der Waals surface area contributed by atoms with Crippen molar-refractivity contribution < 1.29 is 9.59 Å². The molecule has 0 saturated carbocycles. The third-order valence-electron chi connectivity index (χ3n) is 3.73. The molecular weight excluding hydrogens is 429 g/mol. The Hall–Kier alpha value is -2.22. The first-order valence-electron chi connectivity index (χ1n) is 7.89. The summed E-state index contributed by atoms with van der Waals surface area (Å²) in [6.45, 7) is 3.95. The summed E-state index contributed by atoms with van der Waals surface area (Å²) < 4.78 is 1.13. The van der Waals surface area contributed by atoms with Gasteiger partial charge in [0.2, 0.25) is 11.8 Å². The van der Waals surface area contributed by atoms with Crippen molar-refractivity contribution in [3.63, 3.8) is 0 Å². The smallest absolute Gasteiger partial charge is 0.240 e. The number of hydrogen-bond donors (Lipinski definition) is 2. The maximum absolute atomic E-state index is 12.0. The molecule has 2 aromatic rings. The Labute approximate surface area is 161 Å².